The highest BCUT2D eigenvalue weighted by Gasteiger charge is 2.76. The number of benzene rings is 1. The van der Waals surface area contributed by atoms with Crippen molar-refractivity contribution in [2.75, 3.05) is 5.75 Å². The van der Waals surface area contributed by atoms with Crippen LogP contribution in [0.25, 0.3) is 0 Å². The summed E-state index contributed by atoms with van der Waals surface area (Å²) < 4.78 is 117. The number of carbonyl (C=O) groups is 2. The fourth-order valence-corrected chi connectivity index (χ4v) is 2.70. The zero-order valence-corrected chi connectivity index (χ0v) is 13.9. The summed E-state index contributed by atoms with van der Waals surface area (Å²) in [4.78, 5) is 22.7. The number of ether oxygens (including phenoxy) is 2. The highest BCUT2D eigenvalue weighted by atomic mass is 32.2. The molecule has 1 N–H and O–H groups in total. The Hall–Kier alpha value is -2.35. The Kier molecular flexibility index (Phi) is 6.17. The number of rotatable bonds is 5. The lowest BCUT2D eigenvalue weighted by molar-refractivity contribution is -0.356. The largest absolute Gasteiger partial charge is 0.438 e. The molecule has 0 fully saturated rings. The Labute approximate surface area is 147 Å². The summed E-state index contributed by atoms with van der Waals surface area (Å²) in [6.07, 6.45) is -12.9. The Bertz CT molecular complexity index is 814. The van der Waals surface area contributed by atoms with Crippen LogP contribution < -0.4 is 4.74 Å². The molecule has 0 radical (unpaired) electrons. The van der Waals surface area contributed by atoms with E-state index in [0.29, 0.717) is 6.07 Å². The van der Waals surface area contributed by atoms with Crippen LogP contribution in [0.4, 0.5) is 26.3 Å². The SMILES string of the molecule is CC(=O)Oc1cccc(C(=O)OC(CS(=O)(=O)O)(C(F)(F)F)C(F)(F)F)c1. The summed E-state index contributed by atoms with van der Waals surface area (Å²) in [5.41, 5.74) is -6.43. The molecule has 0 aliphatic heterocycles. The first-order chi connectivity index (χ1) is 12.0. The predicted molar refractivity (Wildman–Crippen MR) is 74.4 cm³/mol. The van der Waals surface area contributed by atoms with Crippen molar-refractivity contribution in [1.82, 2.24) is 0 Å². The molecule has 0 bridgehead atoms. The highest BCUT2D eigenvalue weighted by Crippen LogP contribution is 2.47. The maximum absolute atomic E-state index is 13.1. The number of halogens is 6. The van der Waals surface area contributed by atoms with Crippen molar-refractivity contribution in [1.29, 1.82) is 0 Å². The maximum Gasteiger partial charge on any atom is 0.438 e. The minimum atomic E-state index is -6.44. The summed E-state index contributed by atoms with van der Waals surface area (Å²) in [7, 11) is -5.89. The molecule has 0 unspecified atom stereocenters. The van der Waals surface area contributed by atoms with Gasteiger partial charge in [-0.15, -0.1) is 0 Å². The van der Waals surface area contributed by atoms with Crippen molar-refractivity contribution >= 4 is 22.1 Å². The minimum absolute atomic E-state index is 0.392. The first kappa shape index (κ1) is 22.7. The van der Waals surface area contributed by atoms with Gasteiger partial charge in [-0.1, -0.05) is 6.07 Å². The molecule has 0 saturated heterocycles. The third-order valence-electron chi connectivity index (χ3n) is 2.90. The fourth-order valence-electron chi connectivity index (χ4n) is 1.80. The smallest absolute Gasteiger partial charge is 0.435 e. The average molecular weight is 424 g/mol. The molecule has 152 valence electrons. The van der Waals surface area contributed by atoms with E-state index in [0.717, 1.165) is 25.1 Å². The van der Waals surface area contributed by atoms with E-state index in [1.54, 1.807) is 0 Å². The van der Waals surface area contributed by atoms with Crippen LogP contribution in [-0.4, -0.2) is 48.6 Å². The molecular formula is C13H10F6O7S. The molecule has 0 amide bonds. The average Bonchev–Trinajstić information content (AvgIpc) is 2.42. The Morgan fingerprint density at radius 1 is 1.07 bits per heavy atom. The van der Waals surface area contributed by atoms with E-state index in [9.17, 15) is 44.3 Å². The van der Waals surface area contributed by atoms with Gasteiger partial charge in [-0.2, -0.15) is 34.8 Å². The van der Waals surface area contributed by atoms with Gasteiger partial charge >= 0.3 is 29.9 Å². The van der Waals surface area contributed by atoms with Gasteiger partial charge in [0.2, 0.25) is 0 Å². The van der Waals surface area contributed by atoms with Crippen LogP contribution in [-0.2, 0) is 19.6 Å². The van der Waals surface area contributed by atoms with Gasteiger partial charge < -0.3 is 9.47 Å². The number of hydrogen-bond acceptors (Lipinski definition) is 6. The van der Waals surface area contributed by atoms with Crippen LogP contribution in [0.15, 0.2) is 24.3 Å². The van der Waals surface area contributed by atoms with Crippen molar-refractivity contribution in [3.63, 3.8) is 0 Å². The van der Waals surface area contributed by atoms with Gasteiger partial charge in [0.05, 0.1) is 5.56 Å². The van der Waals surface area contributed by atoms with Crippen LogP contribution in [0, 0.1) is 0 Å². The fraction of sp³-hybridized carbons (Fsp3) is 0.385. The molecule has 0 saturated carbocycles. The normalized spacial score (nSPS) is 13.2. The van der Waals surface area contributed by atoms with E-state index in [-0.39, 0.29) is 0 Å². The van der Waals surface area contributed by atoms with Gasteiger partial charge in [0, 0.05) is 6.92 Å². The van der Waals surface area contributed by atoms with E-state index in [1.807, 2.05) is 0 Å². The number of esters is 2. The summed E-state index contributed by atoms with van der Waals surface area (Å²) in [6, 6.07) is 3.37. The third-order valence-corrected chi connectivity index (χ3v) is 3.67. The second-order valence-electron chi connectivity index (χ2n) is 5.06. The topological polar surface area (TPSA) is 107 Å². The van der Waals surface area contributed by atoms with Crippen LogP contribution in [0.1, 0.15) is 17.3 Å². The van der Waals surface area contributed by atoms with Crippen molar-refractivity contribution in [2.45, 2.75) is 24.9 Å². The molecule has 1 aromatic carbocycles. The highest BCUT2D eigenvalue weighted by molar-refractivity contribution is 7.85. The number of carbonyl (C=O) groups excluding carboxylic acids is 2. The summed E-state index contributed by atoms with van der Waals surface area (Å²) >= 11 is 0. The van der Waals surface area contributed by atoms with Gasteiger partial charge in [-0.05, 0) is 18.2 Å². The zero-order chi connectivity index (χ0) is 21.3. The van der Waals surface area contributed by atoms with Crippen molar-refractivity contribution in [2.24, 2.45) is 0 Å². The third kappa shape index (κ3) is 5.56. The molecule has 14 heteroatoms. The van der Waals surface area contributed by atoms with Gasteiger partial charge in [-0.25, -0.2) is 4.79 Å². The van der Waals surface area contributed by atoms with E-state index >= 15 is 0 Å². The van der Waals surface area contributed by atoms with Gasteiger partial charge in [0.1, 0.15) is 11.5 Å². The zero-order valence-electron chi connectivity index (χ0n) is 13.1. The maximum atomic E-state index is 13.1. The van der Waals surface area contributed by atoms with E-state index in [2.05, 4.69) is 9.47 Å². The molecule has 0 aliphatic rings. The standard InChI is InChI=1S/C13H10F6O7S/c1-7(20)25-9-4-2-3-8(5-9)10(21)26-11(12(14,15)16,13(17,18)19)6-27(22,23)24/h2-5H,6H2,1H3,(H,22,23,24). The van der Waals surface area contributed by atoms with Gasteiger partial charge in [-0.3, -0.25) is 9.35 Å². The molecule has 1 aromatic rings. The first-order valence-electron chi connectivity index (χ1n) is 6.59. The van der Waals surface area contributed by atoms with E-state index in [1.165, 1.54) is 0 Å². The van der Waals surface area contributed by atoms with Crippen LogP contribution in [0.5, 0.6) is 5.75 Å². The summed E-state index contributed by atoms with van der Waals surface area (Å²) in [5, 5.41) is 0. The molecule has 0 heterocycles. The Morgan fingerprint density at radius 2 is 1.59 bits per heavy atom. The number of hydrogen-bond donors (Lipinski definition) is 1. The second kappa shape index (κ2) is 7.34. The molecular weight excluding hydrogens is 414 g/mol. The molecule has 0 aliphatic carbocycles. The molecule has 7 nitrogen and oxygen atoms in total. The minimum Gasteiger partial charge on any atom is -0.435 e. The van der Waals surface area contributed by atoms with Crippen LogP contribution >= 0.6 is 0 Å². The van der Waals surface area contributed by atoms with E-state index < -0.39 is 57.1 Å². The molecule has 0 spiro atoms. The van der Waals surface area contributed by atoms with Crippen LogP contribution in [0.3, 0.4) is 0 Å². The molecule has 0 aromatic heterocycles. The van der Waals surface area contributed by atoms with E-state index in [4.69, 9.17) is 4.55 Å². The van der Waals surface area contributed by atoms with Gasteiger partial charge in [0.25, 0.3) is 10.1 Å². The van der Waals surface area contributed by atoms with Crippen molar-refractivity contribution in [3.05, 3.63) is 29.8 Å². The first-order valence-corrected chi connectivity index (χ1v) is 8.20. The van der Waals surface area contributed by atoms with Crippen molar-refractivity contribution in [3.8, 4) is 5.75 Å². The molecule has 27 heavy (non-hydrogen) atoms. The lowest BCUT2D eigenvalue weighted by atomic mass is 10.1. The Morgan fingerprint density at radius 3 is 2.00 bits per heavy atom. The van der Waals surface area contributed by atoms with Gasteiger partial charge in [0.15, 0.2) is 0 Å². The van der Waals surface area contributed by atoms with Crippen molar-refractivity contribution < 1.29 is 58.4 Å². The predicted octanol–water partition coefficient (Wildman–Crippen LogP) is 2.52. The summed E-state index contributed by atoms with van der Waals surface area (Å²) in [5.74, 6) is -6.51. The summed E-state index contributed by atoms with van der Waals surface area (Å²) in [6.45, 7) is 0.940. The lowest BCUT2D eigenvalue weighted by Gasteiger charge is -2.35. The molecule has 1 rings (SSSR count). The number of alkyl halides is 6. The Balaban J connectivity index is 3.42. The quantitative estimate of drug-likeness (QED) is 0.335. The second-order valence-corrected chi connectivity index (χ2v) is 6.51. The molecule has 0 atom stereocenters. The monoisotopic (exact) mass is 424 g/mol. The van der Waals surface area contributed by atoms with Crippen LogP contribution in [0.2, 0.25) is 0 Å². The lowest BCUT2D eigenvalue weighted by Crippen LogP contribution is -2.63.